The topological polar surface area (TPSA) is 42.0 Å². The van der Waals surface area contributed by atoms with Gasteiger partial charge in [0.2, 0.25) is 5.91 Å². The number of amides is 1. The maximum Gasteiger partial charge on any atom is 0.246 e. The van der Waals surface area contributed by atoms with E-state index in [1.54, 1.807) is 19.3 Å². The lowest BCUT2D eigenvalue weighted by Crippen LogP contribution is -2.23. The average molecular weight is 190 g/mol. The van der Waals surface area contributed by atoms with Crippen LogP contribution in [0.2, 0.25) is 0 Å². The largest absolute Gasteiger partial charge is 0.348 e. The summed E-state index contributed by atoms with van der Waals surface area (Å²) in [5, 5.41) is 2.76. The molecule has 1 N–H and O–H groups in total. The van der Waals surface area contributed by atoms with E-state index >= 15 is 0 Å². The highest BCUT2D eigenvalue weighted by atomic mass is 16.1. The van der Waals surface area contributed by atoms with Crippen molar-refractivity contribution in [2.75, 3.05) is 0 Å². The Bertz CT molecular complexity index is 358. The lowest BCUT2D eigenvalue weighted by atomic mass is 10.1. The molecule has 0 bridgehead atoms. The van der Waals surface area contributed by atoms with Crippen molar-refractivity contribution in [3.63, 3.8) is 0 Å². The van der Waals surface area contributed by atoms with Crippen LogP contribution < -0.4 is 5.32 Å². The normalized spacial score (nSPS) is 9.57. The standard InChI is InChI=1S/C11H14N2O/c1-8(2)11(14)13-7-10-6-12-5-4-9(10)3/h4-6H,1,7H2,2-3H3,(H,13,14). The summed E-state index contributed by atoms with van der Waals surface area (Å²) < 4.78 is 0. The van der Waals surface area contributed by atoms with E-state index < -0.39 is 0 Å². The fourth-order valence-corrected chi connectivity index (χ4v) is 1.01. The summed E-state index contributed by atoms with van der Waals surface area (Å²) in [6.07, 6.45) is 3.49. The van der Waals surface area contributed by atoms with E-state index in [2.05, 4.69) is 16.9 Å². The third-order valence-corrected chi connectivity index (χ3v) is 1.97. The number of nitrogens with one attached hydrogen (secondary N) is 1. The first-order valence-corrected chi connectivity index (χ1v) is 4.44. The monoisotopic (exact) mass is 190 g/mol. The van der Waals surface area contributed by atoms with Gasteiger partial charge >= 0.3 is 0 Å². The lowest BCUT2D eigenvalue weighted by Gasteiger charge is -2.06. The second-order valence-electron chi connectivity index (χ2n) is 3.27. The highest BCUT2D eigenvalue weighted by molar-refractivity contribution is 5.91. The third-order valence-electron chi connectivity index (χ3n) is 1.97. The number of aromatic nitrogens is 1. The van der Waals surface area contributed by atoms with Crippen molar-refractivity contribution in [3.8, 4) is 0 Å². The molecule has 0 unspecified atom stereocenters. The molecular weight excluding hydrogens is 176 g/mol. The minimum absolute atomic E-state index is 0.117. The molecule has 1 rings (SSSR count). The molecule has 74 valence electrons. The lowest BCUT2D eigenvalue weighted by molar-refractivity contribution is -0.117. The quantitative estimate of drug-likeness (QED) is 0.735. The Balaban J connectivity index is 2.58. The molecule has 0 aliphatic heterocycles. The number of carbonyl (C=O) groups is 1. The fraction of sp³-hybridized carbons (Fsp3) is 0.273. The Morgan fingerprint density at radius 1 is 1.64 bits per heavy atom. The van der Waals surface area contributed by atoms with Crippen molar-refractivity contribution in [1.82, 2.24) is 10.3 Å². The zero-order valence-electron chi connectivity index (χ0n) is 8.50. The Morgan fingerprint density at radius 2 is 2.36 bits per heavy atom. The molecule has 1 aromatic heterocycles. The molecule has 0 saturated heterocycles. The molecule has 0 aromatic carbocycles. The van der Waals surface area contributed by atoms with Crippen molar-refractivity contribution < 1.29 is 4.79 Å². The van der Waals surface area contributed by atoms with Crippen LogP contribution in [-0.2, 0) is 11.3 Å². The van der Waals surface area contributed by atoms with Gasteiger partial charge in [-0.1, -0.05) is 6.58 Å². The van der Waals surface area contributed by atoms with Gasteiger partial charge in [0, 0.05) is 24.5 Å². The van der Waals surface area contributed by atoms with Gasteiger partial charge in [0.25, 0.3) is 0 Å². The van der Waals surface area contributed by atoms with Crippen LogP contribution in [0.4, 0.5) is 0 Å². The van der Waals surface area contributed by atoms with Gasteiger partial charge < -0.3 is 5.32 Å². The highest BCUT2D eigenvalue weighted by Crippen LogP contribution is 2.04. The maximum absolute atomic E-state index is 11.2. The van der Waals surface area contributed by atoms with Crippen LogP contribution in [0.5, 0.6) is 0 Å². The van der Waals surface area contributed by atoms with E-state index in [1.165, 1.54) is 0 Å². The first-order valence-electron chi connectivity index (χ1n) is 4.44. The number of rotatable bonds is 3. The molecule has 1 heterocycles. The average Bonchev–Trinajstić information content (AvgIpc) is 2.16. The van der Waals surface area contributed by atoms with E-state index in [4.69, 9.17) is 0 Å². The van der Waals surface area contributed by atoms with Crippen LogP contribution in [-0.4, -0.2) is 10.9 Å². The zero-order valence-corrected chi connectivity index (χ0v) is 8.50. The van der Waals surface area contributed by atoms with Crippen molar-refractivity contribution in [2.45, 2.75) is 20.4 Å². The van der Waals surface area contributed by atoms with Gasteiger partial charge in [-0.3, -0.25) is 9.78 Å². The smallest absolute Gasteiger partial charge is 0.246 e. The van der Waals surface area contributed by atoms with Crippen LogP contribution in [0, 0.1) is 6.92 Å². The molecule has 0 aliphatic carbocycles. The minimum atomic E-state index is -0.117. The summed E-state index contributed by atoms with van der Waals surface area (Å²) in [5.41, 5.74) is 2.68. The molecule has 0 spiro atoms. The number of carbonyl (C=O) groups excluding carboxylic acids is 1. The van der Waals surface area contributed by atoms with Crippen molar-refractivity contribution in [1.29, 1.82) is 0 Å². The highest BCUT2D eigenvalue weighted by Gasteiger charge is 2.02. The molecule has 1 amide bonds. The Hall–Kier alpha value is -1.64. The summed E-state index contributed by atoms with van der Waals surface area (Å²) in [7, 11) is 0. The SMILES string of the molecule is C=C(C)C(=O)NCc1cnccc1C. The van der Waals surface area contributed by atoms with Gasteiger partial charge in [0.05, 0.1) is 0 Å². The summed E-state index contributed by atoms with van der Waals surface area (Å²) in [6, 6.07) is 1.92. The Morgan fingerprint density at radius 3 is 2.93 bits per heavy atom. The number of aryl methyl sites for hydroxylation is 1. The van der Waals surface area contributed by atoms with Crippen LogP contribution in [0.15, 0.2) is 30.6 Å². The van der Waals surface area contributed by atoms with E-state index in [9.17, 15) is 4.79 Å². The molecule has 0 saturated carbocycles. The van der Waals surface area contributed by atoms with Crippen LogP contribution >= 0.6 is 0 Å². The van der Waals surface area contributed by atoms with E-state index in [0.29, 0.717) is 12.1 Å². The first-order chi connectivity index (χ1) is 6.61. The molecule has 0 fully saturated rings. The number of hydrogen-bond acceptors (Lipinski definition) is 2. The van der Waals surface area contributed by atoms with Gasteiger partial charge in [0.1, 0.15) is 0 Å². The van der Waals surface area contributed by atoms with Gasteiger partial charge in [-0.15, -0.1) is 0 Å². The van der Waals surface area contributed by atoms with Gasteiger partial charge in [-0.2, -0.15) is 0 Å². The predicted octanol–water partition coefficient (Wildman–Crippen LogP) is 1.58. The molecule has 0 radical (unpaired) electrons. The van der Waals surface area contributed by atoms with Gasteiger partial charge in [-0.05, 0) is 31.0 Å². The second kappa shape index (κ2) is 4.56. The van der Waals surface area contributed by atoms with Crippen LogP contribution in [0.25, 0.3) is 0 Å². The van der Waals surface area contributed by atoms with E-state index in [-0.39, 0.29) is 5.91 Å². The molecular formula is C11H14N2O. The number of hydrogen-bond donors (Lipinski definition) is 1. The van der Waals surface area contributed by atoms with Crippen molar-refractivity contribution >= 4 is 5.91 Å². The first kappa shape index (κ1) is 10.4. The van der Waals surface area contributed by atoms with Crippen molar-refractivity contribution in [2.24, 2.45) is 0 Å². The molecule has 0 aliphatic rings. The van der Waals surface area contributed by atoms with Crippen molar-refractivity contribution in [3.05, 3.63) is 41.7 Å². The molecule has 3 heteroatoms. The van der Waals surface area contributed by atoms with Gasteiger partial charge in [-0.25, -0.2) is 0 Å². The number of pyridine rings is 1. The van der Waals surface area contributed by atoms with Gasteiger partial charge in [0.15, 0.2) is 0 Å². The third kappa shape index (κ3) is 2.69. The predicted molar refractivity (Wildman–Crippen MR) is 55.6 cm³/mol. The summed E-state index contributed by atoms with van der Waals surface area (Å²) in [5.74, 6) is -0.117. The molecule has 3 nitrogen and oxygen atoms in total. The zero-order chi connectivity index (χ0) is 10.6. The summed E-state index contributed by atoms with van der Waals surface area (Å²) in [4.78, 5) is 15.2. The van der Waals surface area contributed by atoms with E-state index in [0.717, 1.165) is 11.1 Å². The molecule has 0 atom stereocenters. The number of nitrogens with zero attached hydrogens (tertiary/aromatic N) is 1. The summed E-state index contributed by atoms with van der Waals surface area (Å²) in [6.45, 7) is 7.74. The van der Waals surface area contributed by atoms with E-state index in [1.807, 2.05) is 13.0 Å². The Kier molecular flexibility index (Phi) is 3.40. The molecule has 14 heavy (non-hydrogen) atoms. The minimum Gasteiger partial charge on any atom is -0.348 e. The molecule has 1 aromatic rings. The summed E-state index contributed by atoms with van der Waals surface area (Å²) >= 11 is 0. The van der Waals surface area contributed by atoms with Crippen LogP contribution in [0.1, 0.15) is 18.1 Å². The van der Waals surface area contributed by atoms with Crippen LogP contribution in [0.3, 0.4) is 0 Å². The second-order valence-corrected chi connectivity index (χ2v) is 3.27. The maximum atomic E-state index is 11.2. The Labute approximate surface area is 83.9 Å². The fourth-order valence-electron chi connectivity index (χ4n) is 1.01.